The molecule has 2 N–H and O–H groups in total. The number of H-pyrrole nitrogens is 1. The van der Waals surface area contributed by atoms with Gasteiger partial charge in [-0.05, 0) is 24.3 Å². The van der Waals surface area contributed by atoms with Gasteiger partial charge in [0.05, 0.1) is 0 Å². The van der Waals surface area contributed by atoms with Crippen LogP contribution in [0.4, 0.5) is 5.82 Å². The number of halogens is 1. The number of nitrogens with zero attached hydrogens (tertiary/aromatic N) is 2. The van der Waals surface area contributed by atoms with Crippen LogP contribution in [0.5, 0.6) is 0 Å². The maximum absolute atomic E-state index is 12.1. The topological polar surface area (TPSA) is 70.7 Å². The fraction of sp³-hybridized carbons (Fsp3) is 0. The van der Waals surface area contributed by atoms with Crippen LogP contribution in [-0.2, 0) is 0 Å². The predicted octanol–water partition coefficient (Wildman–Crippen LogP) is 2.86. The first kappa shape index (κ1) is 11.7. The number of carbonyl (C=O) groups is 1. The highest BCUT2D eigenvalue weighted by Crippen LogP contribution is 2.16. The van der Waals surface area contributed by atoms with Crippen LogP contribution in [0.1, 0.15) is 10.4 Å². The molecule has 0 aliphatic heterocycles. The highest BCUT2D eigenvalue weighted by Gasteiger charge is 2.08. The zero-order valence-electron chi connectivity index (χ0n) is 9.72. The lowest BCUT2D eigenvalue weighted by molar-refractivity contribution is 0.102. The van der Waals surface area contributed by atoms with Gasteiger partial charge in [-0.1, -0.05) is 11.6 Å². The number of aromatic nitrogens is 3. The Morgan fingerprint density at radius 1 is 1.21 bits per heavy atom. The Kier molecular flexibility index (Phi) is 2.89. The van der Waals surface area contributed by atoms with Gasteiger partial charge < -0.3 is 10.3 Å². The van der Waals surface area contributed by atoms with E-state index in [-0.39, 0.29) is 11.1 Å². The lowest BCUT2D eigenvalue weighted by Crippen LogP contribution is -2.12. The van der Waals surface area contributed by atoms with Gasteiger partial charge in [-0.25, -0.2) is 9.97 Å². The number of benzene rings is 1. The van der Waals surface area contributed by atoms with Gasteiger partial charge in [0.15, 0.2) is 0 Å². The molecule has 0 aliphatic rings. The van der Waals surface area contributed by atoms with Crippen molar-refractivity contribution < 1.29 is 4.79 Å². The molecule has 94 valence electrons. The minimum Gasteiger partial charge on any atom is -0.361 e. The second kappa shape index (κ2) is 4.70. The van der Waals surface area contributed by atoms with E-state index in [9.17, 15) is 4.79 Å². The number of amides is 1. The molecule has 0 bridgehead atoms. The van der Waals surface area contributed by atoms with Crippen molar-refractivity contribution in [3.05, 3.63) is 53.6 Å². The summed E-state index contributed by atoms with van der Waals surface area (Å²) < 4.78 is 0. The van der Waals surface area contributed by atoms with Crippen molar-refractivity contribution in [1.29, 1.82) is 0 Å². The summed E-state index contributed by atoms with van der Waals surface area (Å²) in [4.78, 5) is 22.8. The number of aromatic amines is 1. The molecule has 2 heterocycles. The van der Waals surface area contributed by atoms with Gasteiger partial charge in [0.1, 0.15) is 17.3 Å². The van der Waals surface area contributed by atoms with Crippen LogP contribution in [0.15, 0.2) is 42.9 Å². The Morgan fingerprint density at radius 3 is 2.95 bits per heavy atom. The van der Waals surface area contributed by atoms with E-state index >= 15 is 0 Å². The highest BCUT2D eigenvalue weighted by atomic mass is 35.5. The van der Waals surface area contributed by atoms with Crippen LogP contribution in [0.25, 0.3) is 10.9 Å². The molecule has 0 spiro atoms. The van der Waals surface area contributed by atoms with Gasteiger partial charge in [-0.15, -0.1) is 0 Å². The number of rotatable bonds is 2. The third-order valence-electron chi connectivity index (χ3n) is 2.69. The third-order valence-corrected chi connectivity index (χ3v) is 2.90. The van der Waals surface area contributed by atoms with E-state index in [0.717, 1.165) is 10.9 Å². The summed E-state index contributed by atoms with van der Waals surface area (Å²) >= 11 is 5.73. The molecular weight excluding hydrogens is 264 g/mol. The van der Waals surface area contributed by atoms with Crippen LogP contribution >= 0.6 is 11.6 Å². The molecule has 0 saturated heterocycles. The number of fused-ring (bicyclic) bond motifs is 1. The summed E-state index contributed by atoms with van der Waals surface area (Å²) in [6, 6.07) is 8.82. The first-order chi connectivity index (χ1) is 9.22. The fourth-order valence-corrected chi connectivity index (χ4v) is 1.93. The number of anilines is 1. The second-order valence-corrected chi connectivity index (χ2v) is 4.35. The zero-order valence-corrected chi connectivity index (χ0v) is 10.5. The van der Waals surface area contributed by atoms with Crippen molar-refractivity contribution in [1.82, 2.24) is 15.0 Å². The van der Waals surface area contributed by atoms with E-state index in [1.807, 2.05) is 24.4 Å². The van der Waals surface area contributed by atoms with Crippen molar-refractivity contribution in [2.75, 3.05) is 5.32 Å². The SMILES string of the molecule is O=C(Nc1cc(Cl)ncn1)c1ccc2[nH]ccc2c1. The Balaban J connectivity index is 1.87. The smallest absolute Gasteiger partial charge is 0.256 e. The molecule has 3 aromatic rings. The van der Waals surface area contributed by atoms with Gasteiger partial charge >= 0.3 is 0 Å². The molecular formula is C13H9ClN4O. The largest absolute Gasteiger partial charge is 0.361 e. The van der Waals surface area contributed by atoms with E-state index in [2.05, 4.69) is 20.3 Å². The predicted molar refractivity (Wildman–Crippen MR) is 73.3 cm³/mol. The molecule has 0 aliphatic carbocycles. The molecule has 1 amide bonds. The monoisotopic (exact) mass is 272 g/mol. The maximum atomic E-state index is 12.1. The van der Waals surface area contributed by atoms with Crippen LogP contribution in [-0.4, -0.2) is 20.9 Å². The van der Waals surface area contributed by atoms with Gasteiger partial charge in [-0.2, -0.15) is 0 Å². The van der Waals surface area contributed by atoms with Crippen LogP contribution in [0, 0.1) is 0 Å². The number of carbonyl (C=O) groups excluding carboxylic acids is 1. The standard InChI is InChI=1S/C13H9ClN4O/c14-11-6-12(17-7-16-11)18-13(19)9-1-2-10-8(5-9)3-4-15-10/h1-7,15H,(H,16,17,18,19). The van der Waals surface area contributed by atoms with Gasteiger partial charge in [0.25, 0.3) is 5.91 Å². The Morgan fingerprint density at radius 2 is 2.11 bits per heavy atom. The van der Waals surface area contributed by atoms with E-state index in [4.69, 9.17) is 11.6 Å². The number of hydrogen-bond acceptors (Lipinski definition) is 3. The van der Waals surface area contributed by atoms with Crippen LogP contribution in [0.3, 0.4) is 0 Å². The maximum Gasteiger partial charge on any atom is 0.256 e. The Hall–Kier alpha value is -2.40. The molecule has 1 aromatic carbocycles. The molecule has 3 rings (SSSR count). The first-order valence-corrected chi connectivity index (χ1v) is 5.96. The van der Waals surface area contributed by atoms with Gasteiger partial charge in [0, 0.05) is 28.7 Å². The normalized spacial score (nSPS) is 10.6. The summed E-state index contributed by atoms with van der Waals surface area (Å²) in [7, 11) is 0. The fourth-order valence-electron chi connectivity index (χ4n) is 1.78. The molecule has 0 radical (unpaired) electrons. The lowest BCUT2D eigenvalue weighted by atomic mass is 10.1. The molecule has 5 nitrogen and oxygen atoms in total. The van der Waals surface area contributed by atoms with Crippen LogP contribution in [0.2, 0.25) is 5.15 Å². The van der Waals surface area contributed by atoms with E-state index in [1.165, 1.54) is 12.4 Å². The summed E-state index contributed by atoms with van der Waals surface area (Å²) in [5, 5.41) is 3.93. The lowest BCUT2D eigenvalue weighted by Gasteiger charge is -2.04. The van der Waals surface area contributed by atoms with Gasteiger partial charge in [-0.3, -0.25) is 4.79 Å². The van der Waals surface area contributed by atoms with Crippen molar-refractivity contribution in [3.63, 3.8) is 0 Å². The molecule has 0 unspecified atom stereocenters. The van der Waals surface area contributed by atoms with E-state index in [1.54, 1.807) is 6.07 Å². The van der Waals surface area contributed by atoms with Crippen molar-refractivity contribution in [3.8, 4) is 0 Å². The average Bonchev–Trinajstić information content (AvgIpc) is 2.85. The Bertz CT molecular complexity index is 753. The minimum atomic E-state index is -0.238. The second-order valence-electron chi connectivity index (χ2n) is 3.96. The molecule has 19 heavy (non-hydrogen) atoms. The summed E-state index contributed by atoms with van der Waals surface area (Å²) in [6.45, 7) is 0. The van der Waals surface area contributed by atoms with Crippen molar-refractivity contribution in [2.45, 2.75) is 0 Å². The summed E-state index contributed by atoms with van der Waals surface area (Å²) in [5.74, 6) is 0.136. The number of nitrogens with one attached hydrogen (secondary N) is 2. The van der Waals surface area contributed by atoms with Crippen LogP contribution < -0.4 is 5.32 Å². The zero-order chi connectivity index (χ0) is 13.2. The van der Waals surface area contributed by atoms with E-state index in [0.29, 0.717) is 11.4 Å². The highest BCUT2D eigenvalue weighted by molar-refractivity contribution is 6.29. The third kappa shape index (κ3) is 2.41. The minimum absolute atomic E-state index is 0.238. The molecule has 6 heteroatoms. The number of hydrogen-bond donors (Lipinski definition) is 2. The average molecular weight is 273 g/mol. The Labute approximate surface area is 113 Å². The van der Waals surface area contributed by atoms with Crippen molar-refractivity contribution >= 4 is 34.2 Å². The van der Waals surface area contributed by atoms with E-state index < -0.39 is 0 Å². The molecule has 2 aromatic heterocycles. The van der Waals surface area contributed by atoms with Crippen molar-refractivity contribution in [2.24, 2.45) is 0 Å². The summed E-state index contributed by atoms with van der Waals surface area (Å²) in [5.41, 5.74) is 1.54. The molecule has 0 atom stereocenters. The molecule has 0 saturated carbocycles. The van der Waals surface area contributed by atoms with Gasteiger partial charge in [0.2, 0.25) is 0 Å². The quantitative estimate of drug-likeness (QED) is 0.705. The molecule has 0 fully saturated rings. The summed E-state index contributed by atoms with van der Waals surface area (Å²) in [6.07, 6.45) is 3.13. The first-order valence-electron chi connectivity index (χ1n) is 5.58.